The minimum atomic E-state index is -0.449. The molecule has 1 aromatic rings. The summed E-state index contributed by atoms with van der Waals surface area (Å²) in [6, 6.07) is 3.57. The molecule has 0 aromatic heterocycles. The molecule has 2 saturated heterocycles. The van der Waals surface area contributed by atoms with Crippen molar-refractivity contribution in [3.63, 3.8) is 0 Å². The third-order valence-electron chi connectivity index (χ3n) is 8.18. The summed E-state index contributed by atoms with van der Waals surface area (Å²) in [6.45, 7) is 11.7. The van der Waals surface area contributed by atoms with Crippen LogP contribution < -0.4 is 14.2 Å². The Hall–Kier alpha value is -2.59. The lowest BCUT2D eigenvalue weighted by Crippen LogP contribution is -2.55. The summed E-state index contributed by atoms with van der Waals surface area (Å²) in [5.74, 6) is 0.986. The molecule has 0 bridgehead atoms. The first-order valence-electron chi connectivity index (χ1n) is 14.4. The number of hydrogen-bond acceptors (Lipinski definition) is 9. The van der Waals surface area contributed by atoms with Gasteiger partial charge in [-0.15, -0.1) is 0 Å². The Morgan fingerprint density at radius 2 is 1.80 bits per heavy atom. The molecular weight excluding hydrogens is 528 g/mol. The first-order valence-corrected chi connectivity index (χ1v) is 14.4. The van der Waals surface area contributed by atoms with E-state index in [4.69, 9.17) is 37.9 Å². The van der Waals surface area contributed by atoms with Gasteiger partial charge < -0.3 is 37.9 Å². The molecule has 228 valence electrons. The van der Waals surface area contributed by atoms with E-state index in [1.807, 2.05) is 13.8 Å². The molecule has 3 unspecified atom stereocenters. The van der Waals surface area contributed by atoms with E-state index in [1.165, 1.54) is 11.6 Å². The molecule has 4 rings (SSSR count). The fourth-order valence-corrected chi connectivity index (χ4v) is 5.99. The van der Waals surface area contributed by atoms with Crippen molar-refractivity contribution < 1.29 is 42.7 Å². The van der Waals surface area contributed by atoms with Crippen molar-refractivity contribution in [2.45, 2.75) is 89.5 Å². The second-order valence-corrected chi connectivity index (χ2v) is 11.7. The molecule has 1 aromatic carbocycles. The first kappa shape index (κ1) is 31.3. The Morgan fingerprint density at radius 1 is 1.12 bits per heavy atom. The lowest BCUT2D eigenvalue weighted by molar-refractivity contribution is -0.166. The summed E-state index contributed by atoms with van der Waals surface area (Å²) >= 11 is 0. The number of benzene rings is 1. The summed E-state index contributed by atoms with van der Waals surface area (Å²) in [4.78, 5) is 13.0. The highest BCUT2D eigenvalue weighted by molar-refractivity contribution is 5.87. The van der Waals surface area contributed by atoms with E-state index in [1.54, 1.807) is 39.5 Å². The number of esters is 1. The van der Waals surface area contributed by atoms with E-state index < -0.39 is 12.1 Å². The molecule has 3 aliphatic rings. The zero-order valence-electron chi connectivity index (χ0n) is 25.7. The van der Waals surface area contributed by atoms with Crippen molar-refractivity contribution in [2.75, 3.05) is 41.2 Å². The van der Waals surface area contributed by atoms with Gasteiger partial charge in [-0.3, -0.25) is 0 Å². The minimum absolute atomic E-state index is 0.0295. The summed E-state index contributed by atoms with van der Waals surface area (Å²) in [5.41, 5.74) is 1.31. The predicted molar refractivity (Wildman–Crippen MR) is 155 cm³/mol. The molecule has 41 heavy (non-hydrogen) atoms. The number of carbonyl (C=O) groups is 1. The quantitative estimate of drug-likeness (QED) is 0.0983. The molecule has 0 N–H and O–H groups in total. The van der Waals surface area contributed by atoms with E-state index in [2.05, 4.69) is 26.8 Å². The molecule has 0 amide bonds. The van der Waals surface area contributed by atoms with Crippen LogP contribution in [0, 0.1) is 5.92 Å². The van der Waals surface area contributed by atoms with Gasteiger partial charge in [-0.05, 0) is 77.7 Å². The monoisotopic (exact) mass is 574 g/mol. The molecule has 6 atom stereocenters. The summed E-state index contributed by atoms with van der Waals surface area (Å²) in [7, 11) is 4.79. The Labute approximate surface area is 244 Å². The minimum Gasteiger partial charge on any atom is -0.493 e. The van der Waals surface area contributed by atoms with Gasteiger partial charge in [0.1, 0.15) is 30.0 Å². The molecule has 3 fully saturated rings. The van der Waals surface area contributed by atoms with Gasteiger partial charge in [-0.2, -0.15) is 0 Å². The smallest absolute Gasteiger partial charge is 0.331 e. The Morgan fingerprint density at radius 3 is 2.37 bits per heavy atom. The van der Waals surface area contributed by atoms with Crippen LogP contribution in [0.1, 0.15) is 59.4 Å². The number of hydrogen-bond donors (Lipinski definition) is 0. The maximum absolute atomic E-state index is 13.0. The maximum atomic E-state index is 13.0. The van der Waals surface area contributed by atoms with Crippen LogP contribution in [0.4, 0.5) is 0 Å². The SMILES string of the molecule is COc1cc(/C=C/C(=O)OC2CC[C@]3(CO3)[C@@H](C3(C)OC3CC=C(C)C)[C@@H]2OC)cc(OC)c1OCCOC(C)C. The second-order valence-electron chi connectivity index (χ2n) is 11.7. The van der Waals surface area contributed by atoms with Crippen LogP contribution in [-0.4, -0.2) is 82.7 Å². The number of allylic oxidation sites excluding steroid dienone is 1. The van der Waals surface area contributed by atoms with Gasteiger partial charge in [0, 0.05) is 13.2 Å². The topological polar surface area (TPSA) is 97.5 Å². The van der Waals surface area contributed by atoms with E-state index in [-0.39, 0.29) is 35.4 Å². The van der Waals surface area contributed by atoms with E-state index in [0.717, 1.165) is 12.8 Å². The van der Waals surface area contributed by atoms with Crippen LogP contribution in [0.5, 0.6) is 17.2 Å². The fraction of sp³-hybridized carbons (Fsp3) is 0.656. The number of carbonyl (C=O) groups excluding carboxylic acids is 1. The molecule has 2 aliphatic heterocycles. The van der Waals surface area contributed by atoms with Gasteiger partial charge >= 0.3 is 5.97 Å². The molecule has 9 heteroatoms. The summed E-state index contributed by atoms with van der Waals surface area (Å²) < 4.78 is 46.7. The first-order chi connectivity index (χ1) is 19.6. The number of methoxy groups -OCH3 is 3. The van der Waals surface area contributed by atoms with Crippen LogP contribution in [0.2, 0.25) is 0 Å². The molecule has 0 radical (unpaired) electrons. The average molecular weight is 575 g/mol. The van der Waals surface area contributed by atoms with Gasteiger partial charge in [0.25, 0.3) is 0 Å². The number of epoxide rings is 2. The Kier molecular flexibility index (Phi) is 10.1. The number of ether oxygens (including phenoxy) is 8. The zero-order valence-corrected chi connectivity index (χ0v) is 25.7. The van der Waals surface area contributed by atoms with Crippen LogP contribution in [0.25, 0.3) is 6.08 Å². The van der Waals surface area contributed by atoms with Crippen LogP contribution in [0.3, 0.4) is 0 Å². The fourth-order valence-electron chi connectivity index (χ4n) is 5.99. The highest BCUT2D eigenvalue weighted by Crippen LogP contribution is 2.59. The maximum Gasteiger partial charge on any atom is 0.331 e. The molecule has 9 nitrogen and oxygen atoms in total. The average Bonchev–Trinajstić information content (AvgIpc) is 3.86. The number of rotatable bonds is 14. The highest BCUT2D eigenvalue weighted by atomic mass is 16.6. The summed E-state index contributed by atoms with van der Waals surface area (Å²) in [6.07, 6.45) is 7.07. The molecule has 1 spiro atoms. The zero-order chi connectivity index (χ0) is 29.8. The van der Waals surface area contributed by atoms with Crippen molar-refractivity contribution in [2.24, 2.45) is 5.92 Å². The van der Waals surface area contributed by atoms with Crippen molar-refractivity contribution >= 4 is 12.0 Å². The summed E-state index contributed by atoms with van der Waals surface area (Å²) in [5, 5.41) is 0. The van der Waals surface area contributed by atoms with Gasteiger partial charge in [-0.25, -0.2) is 4.79 Å². The van der Waals surface area contributed by atoms with Crippen molar-refractivity contribution in [3.8, 4) is 17.2 Å². The molecule has 1 aliphatic carbocycles. The molecule has 1 saturated carbocycles. The molecule has 2 heterocycles. The van der Waals surface area contributed by atoms with Crippen molar-refractivity contribution in [3.05, 3.63) is 35.4 Å². The van der Waals surface area contributed by atoms with Crippen LogP contribution in [0.15, 0.2) is 29.9 Å². The van der Waals surface area contributed by atoms with Crippen LogP contribution in [-0.2, 0) is 28.5 Å². The lowest BCUT2D eigenvalue weighted by Gasteiger charge is -2.42. The van der Waals surface area contributed by atoms with Gasteiger partial charge in [0.15, 0.2) is 11.5 Å². The van der Waals surface area contributed by atoms with E-state index in [9.17, 15) is 4.79 Å². The van der Waals surface area contributed by atoms with Crippen LogP contribution >= 0.6 is 0 Å². The lowest BCUT2D eigenvalue weighted by atomic mass is 9.68. The van der Waals surface area contributed by atoms with Crippen molar-refractivity contribution in [1.82, 2.24) is 0 Å². The third-order valence-corrected chi connectivity index (χ3v) is 8.18. The highest BCUT2D eigenvalue weighted by Gasteiger charge is 2.72. The predicted octanol–water partition coefficient (Wildman–Crippen LogP) is 5.14. The van der Waals surface area contributed by atoms with E-state index >= 15 is 0 Å². The molecular formula is C32H46O9. The largest absolute Gasteiger partial charge is 0.493 e. The second kappa shape index (κ2) is 13.2. The van der Waals surface area contributed by atoms with Crippen molar-refractivity contribution in [1.29, 1.82) is 0 Å². The normalized spacial score (nSPS) is 30.4. The van der Waals surface area contributed by atoms with Gasteiger partial charge in [-0.1, -0.05) is 11.6 Å². The van der Waals surface area contributed by atoms with Gasteiger partial charge in [0.05, 0.1) is 45.6 Å². The third kappa shape index (κ3) is 7.25. The van der Waals surface area contributed by atoms with E-state index in [0.29, 0.717) is 49.1 Å². The van der Waals surface area contributed by atoms with Gasteiger partial charge in [0.2, 0.25) is 5.75 Å². The Balaban J connectivity index is 1.43. The Bertz CT molecular complexity index is 1090. The standard InChI is InChI=1S/C32H46O9/c1-20(2)9-11-26-31(5,41-26)30-29(36-8)23(13-14-32(30)19-39-32)40-27(33)12-10-22-17-24(34-6)28(25(18-22)35-7)38-16-15-37-21(3)4/h9-10,12,17-18,21,23,26,29-30H,11,13-16,19H2,1-8H3/b12-10+/t23?,26?,29-,30-,31?,32+/m1/s1.